The van der Waals surface area contributed by atoms with E-state index in [-0.39, 0.29) is 6.10 Å². The fourth-order valence-corrected chi connectivity index (χ4v) is 2.57. The first-order chi connectivity index (χ1) is 9.33. The highest BCUT2D eigenvalue weighted by molar-refractivity contribution is 5.76. The van der Waals surface area contributed by atoms with Crippen LogP contribution >= 0.6 is 0 Å². The van der Waals surface area contributed by atoms with Crippen LogP contribution in [0.1, 0.15) is 57.3 Å². The third-order valence-electron chi connectivity index (χ3n) is 3.41. The maximum absolute atomic E-state index is 6.04. The standard InChI is InChI=1S/C17H24O2/c1-4-11-18-16-13(6-3)14-9-7-8-10-15(14)17(16)19-12-5-2/h7-10,17H,4-6,11-12H2,1-3H3. The Hall–Kier alpha value is -1.28. The molecule has 1 aromatic rings. The van der Waals surface area contributed by atoms with Crippen molar-refractivity contribution in [1.82, 2.24) is 0 Å². The van der Waals surface area contributed by atoms with Crippen molar-refractivity contribution in [3.63, 3.8) is 0 Å². The Morgan fingerprint density at radius 1 is 1.00 bits per heavy atom. The van der Waals surface area contributed by atoms with Crippen LogP contribution in [0.2, 0.25) is 0 Å². The zero-order chi connectivity index (χ0) is 13.7. The Kier molecular flexibility index (Phi) is 5.03. The Morgan fingerprint density at radius 2 is 1.74 bits per heavy atom. The molecule has 0 aromatic heterocycles. The van der Waals surface area contributed by atoms with Crippen LogP contribution in [0.15, 0.2) is 30.0 Å². The highest BCUT2D eigenvalue weighted by Crippen LogP contribution is 2.44. The van der Waals surface area contributed by atoms with Crippen molar-refractivity contribution in [2.24, 2.45) is 0 Å². The van der Waals surface area contributed by atoms with Gasteiger partial charge in [0.2, 0.25) is 0 Å². The van der Waals surface area contributed by atoms with E-state index in [1.54, 1.807) is 0 Å². The molecule has 0 saturated carbocycles. The molecule has 0 heterocycles. The molecule has 1 atom stereocenters. The van der Waals surface area contributed by atoms with Gasteiger partial charge in [0, 0.05) is 12.2 Å². The molecular weight excluding hydrogens is 236 g/mol. The largest absolute Gasteiger partial charge is 0.494 e. The summed E-state index contributed by atoms with van der Waals surface area (Å²) in [7, 11) is 0. The maximum Gasteiger partial charge on any atom is 0.140 e. The first-order valence-electron chi connectivity index (χ1n) is 7.40. The minimum atomic E-state index is -0.00218. The average molecular weight is 260 g/mol. The van der Waals surface area contributed by atoms with Gasteiger partial charge in [-0.1, -0.05) is 45.0 Å². The molecule has 1 aliphatic carbocycles. The molecule has 0 aliphatic heterocycles. The second kappa shape index (κ2) is 6.76. The van der Waals surface area contributed by atoms with Gasteiger partial charge in [-0.25, -0.2) is 0 Å². The molecule has 19 heavy (non-hydrogen) atoms. The van der Waals surface area contributed by atoms with Crippen molar-refractivity contribution < 1.29 is 9.47 Å². The minimum Gasteiger partial charge on any atom is -0.494 e. The van der Waals surface area contributed by atoms with Crippen LogP contribution in [0.5, 0.6) is 0 Å². The fourth-order valence-electron chi connectivity index (χ4n) is 2.57. The van der Waals surface area contributed by atoms with E-state index >= 15 is 0 Å². The summed E-state index contributed by atoms with van der Waals surface area (Å²) in [6.07, 6.45) is 3.04. The van der Waals surface area contributed by atoms with Crippen LogP contribution in [0.25, 0.3) is 5.57 Å². The molecule has 0 saturated heterocycles. The molecule has 0 bridgehead atoms. The summed E-state index contributed by atoms with van der Waals surface area (Å²) in [5.74, 6) is 1.04. The predicted octanol–water partition coefficient (Wildman–Crippen LogP) is 4.72. The van der Waals surface area contributed by atoms with Crippen molar-refractivity contribution in [1.29, 1.82) is 0 Å². The summed E-state index contributed by atoms with van der Waals surface area (Å²) >= 11 is 0. The van der Waals surface area contributed by atoms with Gasteiger partial charge >= 0.3 is 0 Å². The predicted molar refractivity (Wildman–Crippen MR) is 78.9 cm³/mol. The lowest BCUT2D eigenvalue weighted by atomic mass is 10.0. The lowest BCUT2D eigenvalue weighted by Gasteiger charge is -2.18. The molecule has 0 spiro atoms. The highest BCUT2D eigenvalue weighted by Gasteiger charge is 2.32. The number of hydrogen-bond donors (Lipinski definition) is 0. The van der Waals surface area contributed by atoms with E-state index in [4.69, 9.17) is 9.47 Å². The van der Waals surface area contributed by atoms with Crippen LogP contribution in [-0.2, 0) is 9.47 Å². The molecule has 104 valence electrons. The number of benzene rings is 1. The Labute approximate surface area is 116 Å². The van der Waals surface area contributed by atoms with Gasteiger partial charge in [0.15, 0.2) is 0 Å². The molecule has 1 unspecified atom stereocenters. The van der Waals surface area contributed by atoms with E-state index in [0.717, 1.165) is 38.2 Å². The lowest BCUT2D eigenvalue weighted by Crippen LogP contribution is -2.08. The lowest BCUT2D eigenvalue weighted by molar-refractivity contribution is 0.0323. The number of hydrogen-bond acceptors (Lipinski definition) is 2. The van der Waals surface area contributed by atoms with Gasteiger partial charge < -0.3 is 9.47 Å². The second-order valence-electron chi connectivity index (χ2n) is 4.88. The fraction of sp³-hybridized carbons (Fsp3) is 0.529. The quantitative estimate of drug-likeness (QED) is 0.706. The zero-order valence-corrected chi connectivity index (χ0v) is 12.2. The second-order valence-corrected chi connectivity index (χ2v) is 4.88. The van der Waals surface area contributed by atoms with E-state index in [2.05, 4.69) is 45.0 Å². The van der Waals surface area contributed by atoms with Gasteiger partial charge in [-0.3, -0.25) is 0 Å². The molecule has 1 aliphatic rings. The van der Waals surface area contributed by atoms with E-state index in [1.165, 1.54) is 16.7 Å². The van der Waals surface area contributed by atoms with E-state index < -0.39 is 0 Å². The van der Waals surface area contributed by atoms with Gasteiger partial charge in [-0.05, 0) is 30.4 Å². The first-order valence-corrected chi connectivity index (χ1v) is 7.40. The van der Waals surface area contributed by atoms with Gasteiger partial charge in [0.05, 0.1) is 6.61 Å². The van der Waals surface area contributed by atoms with Gasteiger partial charge in [0.1, 0.15) is 11.9 Å². The molecule has 0 fully saturated rings. The molecule has 0 amide bonds. The van der Waals surface area contributed by atoms with Crippen molar-refractivity contribution in [3.8, 4) is 0 Å². The number of rotatable bonds is 7. The minimum absolute atomic E-state index is 0.00218. The molecule has 1 aromatic carbocycles. The SMILES string of the molecule is CCCOC1=C(CC)c2ccccc2C1OCCC. The Balaban J connectivity index is 2.33. The van der Waals surface area contributed by atoms with Crippen LogP contribution < -0.4 is 0 Å². The van der Waals surface area contributed by atoms with Crippen LogP contribution in [0, 0.1) is 0 Å². The monoisotopic (exact) mass is 260 g/mol. The summed E-state index contributed by atoms with van der Waals surface area (Å²) in [6.45, 7) is 7.99. The average Bonchev–Trinajstić information content (AvgIpc) is 2.75. The molecule has 0 radical (unpaired) electrons. The van der Waals surface area contributed by atoms with Crippen LogP contribution in [0.4, 0.5) is 0 Å². The number of fused-ring (bicyclic) bond motifs is 1. The van der Waals surface area contributed by atoms with Gasteiger partial charge in [0.25, 0.3) is 0 Å². The third kappa shape index (κ3) is 2.84. The van der Waals surface area contributed by atoms with Gasteiger partial charge in [-0.15, -0.1) is 0 Å². The van der Waals surface area contributed by atoms with Crippen LogP contribution in [-0.4, -0.2) is 13.2 Å². The number of allylic oxidation sites excluding steroid dienone is 1. The summed E-state index contributed by atoms with van der Waals surface area (Å²) in [6, 6.07) is 8.51. The molecular formula is C17H24O2. The van der Waals surface area contributed by atoms with Crippen LogP contribution in [0.3, 0.4) is 0 Å². The normalized spacial score (nSPS) is 17.7. The van der Waals surface area contributed by atoms with Crippen molar-refractivity contribution in [2.45, 2.75) is 46.1 Å². The summed E-state index contributed by atoms with van der Waals surface area (Å²) in [5, 5.41) is 0. The molecule has 2 nitrogen and oxygen atoms in total. The first kappa shape index (κ1) is 14.1. The highest BCUT2D eigenvalue weighted by atomic mass is 16.5. The topological polar surface area (TPSA) is 18.5 Å². The maximum atomic E-state index is 6.04. The summed E-state index contributed by atoms with van der Waals surface area (Å²) in [4.78, 5) is 0. The van der Waals surface area contributed by atoms with Crippen molar-refractivity contribution in [2.75, 3.05) is 13.2 Å². The van der Waals surface area contributed by atoms with Gasteiger partial charge in [-0.2, -0.15) is 0 Å². The molecule has 0 N–H and O–H groups in total. The summed E-state index contributed by atoms with van der Waals surface area (Å²) < 4.78 is 12.0. The molecule has 2 heteroatoms. The van der Waals surface area contributed by atoms with E-state index in [9.17, 15) is 0 Å². The van der Waals surface area contributed by atoms with Crippen molar-refractivity contribution in [3.05, 3.63) is 41.2 Å². The zero-order valence-electron chi connectivity index (χ0n) is 12.2. The number of ether oxygens (including phenoxy) is 2. The third-order valence-corrected chi connectivity index (χ3v) is 3.41. The van der Waals surface area contributed by atoms with E-state index in [1.807, 2.05) is 0 Å². The smallest absolute Gasteiger partial charge is 0.140 e. The van der Waals surface area contributed by atoms with E-state index in [0.29, 0.717) is 0 Å². The van der Waals surface area contributed by atoms with Crippen molar-refractivity contribution >= 4 is 5.57 Å². The molecule has 2 rings (SSSR count). The Bertz CT molecular complexity index is 448. The Morgan fingerprint density at radius 3 is 2.42 bits per heavy atom. The summed E-state index contributed by atoms with van der Waals surface area (Å²) in [5.41, 5.74) is 3.88.